The summed E-state index contributed by atoms with van der Waals surface area (Å²) in [5.74, 6) is 0.619. The molecule has 0 fully saturated rings. The van der Waals surface area contributed by atoms with Crippen molar-refractivity contribution in [2.75, 3.05) is 0 Å². The van der Waals surface area contributed by atoms with Crippen LogP contribution in [0.5, 0.6) is 0 Å². The Morgan fingerprint density at radius 3 is 2.87 bits per heavy atom. The summed E-state index contributed by atoms with van der Waals surface area (Å²) in [6.45, 7) is 0.235. The number of rotatable bonds is 2. The molecule has 0 saturated heterocycles. The molecule has 0 amide bonds. The number of benzene rings is 1. The topological polar surface area (TPSA) is 52.0 Å². The Hall–Kier alpha value is -1.20. The Morgan fingerprint density at radius 2 is 2.27 bits per heavy atom. The molecule has 0 radical (unpaired) electrons. The van der Waals surface area contributed by atoms with E-state index in [2.05, 4.69) is 20.9 Å². The van der Waals surface area contributed by atoms with Crippen LogP contribution in [0.25, 0.3) is 11.3 Å². The van der Waals surface area contributed by atoms with Crippen molar-refractivity contribution in [1.29, 1.82) is 0 Å². The van der Waals surface area contributed by atoms with Crippen molar-refractivity contribution in [3.8, 4) is 11.3 Å². The second-order valence-electron chi connectivity index (χ2n) is 2.95. The Balaban J connectivity index is 2.40. The second kappa shape index (κ2) is 4.12. The van der Waals surface area contributed by atoms with Gasteiger partial charge in [-0.1, -0.05) is 0 Å². The van der Waals surface area contributed by atoms with Crippen LogP contribution in [0.15, 0.2) is 33.3 Å². The predicted molar refractivity (Wildman–Crippen MR) is 57.5 cm³/mol. The normalized spacial score (nSPS) is 10.6. The molecule has 78 valence electrons. The number of hydrogen-bond acceptors (Lipinski definition) is 3. The van der Waals surface area contributed by atoms with Crippen LogP contribution in [-0.4, -0.2) is 4.98 Å². The third-order valence-electron chi connectivity index (χ3n) is 1.93. The van der Waals surface area contributed by atoms with E-state index in [9.17, 15) is 4.39 Å². The number of aromatic nitrogens is 1. The van der Waals surface area contributed by atoms with E-state index < -0.39 is 0 Å². The van der Waals surface area contributed by atoms with Crippen LogP contribution in [0.1, 0.15) is 5.89 Å². The highest BCUT2D eigenvalue weighted by atomic mass is 79.9. The van der Waals surface area contributed by atoms with Gasteiger partial charge in [0.05, 0.1) is 17.2 Å². The molecule has 0 aliphatic heterocycles. The zero-order valence-corrected chi connectivity index (χ0v) is 9.29. The molecule has 0 unspecified atom stereocenters. The number of nitrogens with zero attached hydrogens (tertiary/aromatic N) is 1. The minimum Gasteiger partial charge on any atom is -0.439 e. The number of halogens is 2. The van der Waals surface area contributed by atoms with Gasteiger partial charge >= 0.3 is 0 Å². The van der Waals surface area contributed by atoms with Crippen molar-refractivity contribution in [3.63, 3.8) is 0 Å². The van der Waals surface area contributed by atoms with Crippen molar-refractivity contribution in [1.82, 2.24) is 4.98 Å². The van der Waals surface area contributed by atoms with E-state index in [0.29, 0.717) is 21.7 Å². The standard InChI is InChI=1S/C10H8BrFN2O/c11-7-2-1-6(3-8(7)12)9-5-14-10(4-13)15-9/h1-3,5H,4,13H2. The summed E-state index contributed by atoms with van der Waals surface area (Å²) >= 11 is 3.08. The Kier molecular flexibility index (Phi) is 2.83. The van der Waals surface area contributed by atoms with Gasteiger partial charge < -0.3 is 10.2 Å². The average Bonchev–Trinajstić information content (AvgIpc) is 2.70. The number of hydrogen-bond donors (Lipinski definition) is 1. The predicted octanol–water partition coefficient (Wildman–Crippen LogP) is 2.70. The highest BCUT2D eigenvalue weighted by molar-refractivity contribution is 9.10. The van der Waals surface area contributed by atoms with E-state index in [1.54, 1.807) is 12.1 Å². The van der Waals surface area contributed by atoms with Gasteiger partial charge in [-0.05, 0) is 34.1 Å². The zero-order valence-electron chi connectivity index (χ0n) is 7.71. The lowest BCUT2D eigenvalue weighted by Crippen LogP contribution is -1.94. The lowest BCUT2D eigenvalue weighted by molar-refractivity contribution is 0.509. The number of nitrogens with two attached hydrogens (primary N) is 1. The van der Waals surface area contributed by atoms with Crippen LogP contribution in [0, 0.1) is 5.82 Å². The van der Waals surface area contributed by atoms with Crippen LogP contribution >= 0.6 is 15.9 Å². The maximum Gasteiger partial charge on any atom is 0.208 e. The molecule has 0 bridgehead atoms. The van der Waals surface area contributed by atoms with Crippen LogP contribution in [0.4, 0.5) is 4.39 Å². The van der Waals surface area contributed by atoms with Crippen molar-refractivity contribution >= 4 is 15.9 Å². The summed E-state index contributed by atoms with van der Waals surface area (Å²) in [6, 6.07) is 4.74. The summed E-state index contributed by atoms with van der Waals surface area (Å²) < 4.78 is 18.9. The highest BCUT2D eigenvalue weighted by Crippen LogP contribution is 2.24. The van der Waals surface area contributed by atoms with Gasteiger partial charge in [0.1, 0.15) is 5.82 Å². The smallest absolute Gasteiger partial charge is 0.208 e. The molecule has 0 aliphatic rings. The van der Waals surface area contributed by atoms with Crippen molar-refractivity contribution in [2.24, 2.45) is 5.73 Å². The van der Waals surface area contributed by atoms with Gasteiger partial charge in [-0.15, -0.1) is 0 Å². The fourth-order valence-electron chi connectivity index (χ4n) is 1.19. The van der Waals surface area contributed by atoms with E-state index >= 15 is 0 Å². The molecular formula is C10H8BrFN2O. The van der Waals surface area contributed by atoms with Gasteiger partial charge in [-0.25, -0.2) is 9.37 Å². The van der Waals surface area contributed by atoms with Crippen molar-refractivity contribution in [3.05, 3.63) is 40.6 Å². The molecule has 1 heterocycles. The Bertz CT molecular complexity index is 484. The quantitative estimate of drug-likeness (QED) is 0.913. The maximum absolute atomic E-state index is 13.2. The monoisotopic (exact) mass is 270 g/mol. The average molecular weight is 271 g/mol. The SMILES string of the molecule is NCc1ncc(-c2ccc(Br)c(F)c2)o1. The first-order chi connectivity index (χ1) is 7.20. The van der Waals surface area contributed by atoms with Gasteiger partial charge in [0.25, 0.3) is 0 Å². The zero-order chi connectivity index (χ0) is 10.8. The summed E-state index contributed by atoms with van der Waals surface area (Å²) in [5, 5.41) is 0. The van der Waals surface area contributed by atoms with E-state index in [1.807, 2.05) is 0 Å². The van der Waals surface area contributed by atoms with Crippen LogP contribution in [0.3, 0.4) is 0 Å². The molecule has 2 aromatic rings. The largest absolute Gasteiger partial charge is 0.439 e. The molecule has 1 aromatic heterocycles. The van der Waals surface area contributed by atoms with Crippen molar-refractivity contribution < 1.29 is 8.81 Å². The first-order valence-corrected chi connectivity index (χ1v) is 5.10. The number of oxazole rings is 1. The lowest BCUT2D eigenvalue weighted by Gasteiger charge is -1.98. The molecule has 15 heavy (non-hydrogen) atoms. The van der Waals surface area contributed by atoms with Gasteiger partial charge in [-0.2, -0.15) is 0 Å². The third-order valence-corrected chi connectivity index (χ3v) is 2.58. The molecule has 1 aromatic carbocycles. The van der Waals surface area contributed by atoms with E-state index in [1.165, 1.54) is 12.3 Å². The fourth-order valence-corrected chi connectivity index (χ4v) is 1.43. The van der Waals surface area contributed by atoms with E-state index in [4.69, 9.17) is 10.2 Å². The molecule has 0 atom stereocenters. The van der Waals surface area contributed by atoms with Crippen LogP contribution in [-0.2, 0) is 6.54 Å². The highest BCUT2D eigenvalue weighted by Gasteiger charge is 2.07. The maximum atomic E-state index is 13.2. The van der Waals surface area contributed by atoms with Crippen LogP contribution in [0.2, 0.25) is 0 Å². The summed E-state index contributed by atoms with van der Waals surface area (Å²) in [6.07, 6.45) is 1.53. The molecule has 5 heteroatoms. The van der Waals surface area contributed by atoms with Crippen molar-refractivity contribution in [2.45, 2.75) is 6.54 Å². The minimum atomic E-state index is -0.335. The van der Waals surface area contributed by atoms with Gasteiger partial charge in [0.15, 0.2) is 5.76 Å². The lowest BCUT2D eigenvalue weighted by atomic mass is 10.2. The first-order valence-electron chi connectivity index (χ1n) is 4.31. The van der Waals surface area contributed by atoms with E-state index in [-0.39, 0.29) is 12.4 Å². The van der Waals surface area contributed by atoms with E-state index in [0.717, 1.165) is 0 Å². The molecule has 2 rings (SSSR count). The second-order valence-corrected chi connectivity index (χ2v) is 3.81. The van der Waals surface area contributed by atoms with Crippen LogP contribution < -0.4 is 5.73 Å². The Morgan fingerprint density at radius 1 is 1.47 bits per heavy atom. The molecule has 0 saturated carbocycles. The van der Waals surface area contributed by atoms with Gasteiger partial charge in [0.2, 0.25) is 5.89 Å². The van der Waals surface area contributed by atoms with Gasteiger partial charge in [0, 0.05) is 5.56 Å². The summed E-state index contributed by atoms with van der Waals surface area (Å²) in [7, 11) is 0. The summed E-state index contributed by atoms with van der Waals surface area (Å²) in [4.78, 5) is 3.94. The first kappa shape index (κ1) is 10.3. The molecule has 2 N–H and O–H groups in total. The molecule has 3 nitrogen and oxygen atoms in total. The molecular weight excluding hydrogens is 263 g/mol. The van der Waals surface area contributed by atoms with Gasteiger partial charge in [-0.3, -0.25) is 0 Å². The summed E-state index contributed by atoms with van der Waals surface area (Å²) in [5.41, 5.74) is 6.00. The molecule has 0 aliphatic carbocycles. The Labute approximate surface area is 94.2 Å². The molecule has 0 spiro atoms. The third kappa shape index (κ3) is 2.08. The fraction of sp³-hybridized carbons (Fsp3) is 0.100. The minimum absolute atomic E-state index is 0.235.